The van der Waals surface area contributed by atoms with Crippen molar-refractivity contribution in [2.75, 3.05) is 30.0 Å². The molecule has 0 aliphatic carbocycles. The molecule has 0 atom stereocenters. The number of hydrogen-bond donors (Lipinski definition) is 3. The number of carbonyl (C=O) groups is 1. The van der Waals surface area contributed by atoms with Crippen LogP contribution < -0.4 is 16.2 Å². The highest BCUT2D eigenvalue weighted by atomic mass is 32.2. The molecule has 3 aromatic rings. The maximum atomic E-state index is 12.3. The number of urea groups is 1. The Morgan fingerprint density at radius 1 is 1.18 bits per heavy atom. The van der Waals surface area contributed by atoms with Crippen molar-refractivity contribution in [1.82, 2.24) is 19.9 Å². The maximum absolute atomic E-state index is 12.3. The Labute approximate surface area is 165 Å². The van der Waals surface area contributed by atoms with Gasteiger partial charge in [0.2, 0.25) is 0 Å². The summed E-state index contributed by atoms with van der Waals surface area (Å²) in [5.41, 5.74) is 1.71. The summed E-state index contributed by atoms with van der Waals surface area (Å²) < 4.78 is 0. The van der Waals surface area contributed by atoms with Gasteiger partial charge < -0.3 is 20.5 Å². The van der Waals surface area contributed by atoms with Gasteiger partial charge in [0.25, 0.3) is 5.56 Å². The highest BCUT2D eigenvalue weighted by Crippen LogP contribution is 2.25. The standard InChI is InChI=1S/C19H20N6O2S/c1-28-18-23-14-7-8-20-17(26)15(14)16(24-18)21-12-5-4-6-13(11-12)22-19(27)25-9-2-3-10-25/h4-8,11H,2-3,9-10H2,1H3,(H,20,26)(H,22,27)(H,21,23,24). The summed E-state index contributed by atoms with van der Waals surface area (Å²) in [5, 5.41) is 7.08. The molecule has 0 spiro atoms. The second kappa shape index (κ2) is 7.89. The average Bonchev–Trinajstić information content (AvgIpc) is 3.23. The van der Waals surface area contributed by atoms with Crippen molar-refractivity contribution in [3.05, 3.63) is 46.9 Å². The number of anilines is 3. The summed E-state index contributed by atoms with van der Waals surface area (Å²) in [6.07, 6.45) is 5.54. The molecule has 2 aromatic heterocycles. The fourth-order valence-electron chi connectivity index (χ4n) is 3.19. The van der Waals surface area contributed by atoms with Crippen molar-refractivity contribution < 1.29 is 4.79 Å². The largest absolute Gasteiger partial charge is 0.339 e. The van der Waals surface area contributed by atoms with Gasteiger partial charge in [-0.25, -0.2) is 14.8 Å². The van der Waals surface area contributed by atoms with Crippen molar-refractivity contribution in [2.24, 2.45) is 0 Å². The first-order valence-corrected chi connectivity index (χ1v) is 10.2. The van der Waals surface area contributed by atoms with Crippen LogP contribution >= 0.6 is 11.8 Å². The zero-order valence-electron chi connectivity index (χ0n) is 15.4. The van der Waals surface area contributed by atoms with Gasteiger partial charge in [-0.05, 0) is 43.4 Å². The van der Waals surface area contributed by atoms with Crippen LogP contribution in [0.15, 0.2) is 46.5 Å². The van der Waals surface area contributed by atoms with Gasteiger partial charge in [-0.3, -0.25) is 4.79 Å². The van der Waals surface area contributed by atoms with Crippen LogP contribution in [0.4, 0.5) is 22.0 Å². The van der Waals surface area contributed by atoms with Crippen LogP contribution in [-0.4, -0.2) is 45.2 Å². The highest BCUT2D eigenvalue weighted by molar-refractivity contribution is 7.98. The molecule has 1 aliphatic heterocycles. The molecule has 1 aromatic carbocycles. The Bertz CT molecular complexity index is 1080. The van der Waals surface area contributed by atoms with Crippen LogP contribution in [0, 0.1) is 0 Å². The van der Waals surface area contributed by atoms with Gasteiger partial charge in [-0.15, -0.1) is 0 Å². The number of hydrogen-bond acceptors (Lipinski definition) is 6. The van der Waals surface area contributed by atoms with E-state index in [9.17, 15) is 9.59 Å². The Morgan fingerprint density at radius 2 is 1.96 bits per heavy atom. The van der Waals surface area contributed by atoms with Crippen LogP contribution in [0.5, 0.6) is 0 Å². The fraction of sp³-hybridized carbons (Fsp3) is 0.263. The average molecular weight is 396 g/mol. The van der Waals surface area contributed by atoms with E-state index in [2.05, 4.69) is 25.6 Å². The number of nitrogens with zero attached hydrogens (tertiary/aromatic N) is 3. The summed E-state index contributed by atoms with van der Waals surface area (Å²) in [4.78, 5) is 37.9. The lowest BCUT2D eigenvalue weighted by molar-refractivity contribution is 0.222. The van der Waals surface area contributed by atoms with Gasteiger partial charge in [-0.1, -0.05) is 17.8 Å². The maximum Gasteiger partial charge on any atom is 0.321 e. The predicted molar refractivity (Wildman–Crippen MR) is 111 cm³/mol. The minimum absolute atomic E-state index is 0.0942. The van der Waals surface area contributed by atoms with E-state index >= 15 is 0 Å². The molecule has 3 N–H and O–H groups in total. The zero-order valence-corrected chi connectivity index (χ0v) is 16.2. The number of carbonyl (C=O) groups excluding carboxylic acids is 1. The minimum atomic E-state index is -0.258. The number of benzene rings is 1. The predicted octanol–water partition coefficient (Wildman–Crippen LogP) is 3.41. The summed E-state index contributed by atoms with van der Waals surface area (Å²) in [7, 11) is 0. The zero-order chi connectivity index (χ0) is 19.5. The van der Waals surface area contributed by atoms with Crippen LogP contribution in [0.25, 0.3) is 10.9 Å². The minimum Gasteiger partial charge on any atom is -0.339 e. The Balaban J connectivity index is 1.62. The lowest BCUT2D eigenvalue weighted by Crippen LogP contribution is -2.32. The fourth-order valence-corrected chi connectivity index (χ4v) is 3.56. The molecular formula is C19H20N6O2S. The SMILES string of the molecule is CSc1nc(Nc2cccc(NC(=O)N3CCCC3)c2)c2c(=O)[nH]ccc2n1. The van der Waals surface area contributed by atoms with E-state index in [1.54, 1.807) is 12.3 Å². The number of aromatic amines is 1. The molecule has 0 saturated carbocycles. The first-order valence-electron chi connectivity index (χ1n) is 9.00. The van der Waals surface area contributed by atoms with E-state index < -0.39 is 0 Å². The third-order valence-electron chi connectivity index (χ3n) is 4.55. The molecule has 0 unspecified atom stereocenters. The lowest BCUT2D eigenvalue weighted by atomic mass is 10.2. The third-order valence-corrected chi connectivity index (χ3v) is 5.10. The Morgan fingerprint density at radius 3 is 2.75 bits per heavy atom. The van der Waals surface area contributed by atoms with Gasteiger partial charge in [0, 0.05) is 30.7 Å². The third kappa shape index (κ3) is 3.79. The van der Waals surface area contributed by atoms with E-state index in [0.717, 1.165) is 31.6 Å². The van der Waals surface area contributed by atoms with Gasteiger partial charge in [0.15, 0.2) is 5.16 Å². The molecule has 3 heterocycles. The topological polar surface area (TPSA) is 103 Å². The van der Waals surface area contributed by atoms with Crippen molar-refractivity contribution >= 4 is 45.9 Å². The number of aromatic nitrogens is 3. The second-order valence-electron chi connectivity index (χ2n) is 6.46. The number of likely N-dealkylation sites (tertiary alicyclic amines) is 1. The number of nitrogens with one attached hydrogen (secondary N) is 3. The van der Waals surface area contributed by atoms with Gasteiger partial charge in [-0.2, -0.15) is 0 Å². The van der Waals surface area contributed by atoms with Crippen molar-refractivity contribution in [3.8, 4) is 0 Å². The molecule has 1 fully saturated rings. The van der Waals surface area contributed by atoms with Crippen molar-refractivity contribution in [1.29, 1.82) is 0 Å². The van der Waals surface area contributed by atoms with E-state index in [0.29, 0.717) is 27.6 Å². The van der Waals surface area contributed by atoms with E-state index in [1.165, 1.54) is 11.8 Å². The summed E-state index contributed by atoms with van der Waals surface area (Å²) in [6.45, 7) is 1.58. The molecule has 0 radical (unpaired) electrons. The Hall–Kier alpha value is -3.07. The van der Waals surface area contributed by atoms with Crippen LogP contribution in [0.3, 0.4) is 0 Å². The number of amides is 2. The van der Waals surface area contributed by atoms with Crippen LogP contribution in [0.2, 0.25) is 0 Å². The molecule has 9 heteroatoms. The molecule has 1 saturated heterocycles. The second-order valence-corrected chi connectivity index (χ2v) is 7.23. The van der Waals surface area contributed by atoms with Gasteiger partial charge in [0.05, 0.1) is 5.52 Å². The molecule has 8 nitrogen and oxygen atoms in total. The molecule has 28 heavy (non-hydrogen) atoms. The first-order chi connectivity index (χ1) is 13.6. The van der Waals surface area contributed by atoms with E-state index in [1.807, 2.05) is 35.4 Å². The Kier molecular flexibility index (Phi) is 5.16. The molecule has 2 amide bonds. The molecule has 144 valence electrons. The van der Waals surface area contributed by atoms with Gasteiger partial charge >= 0.3 is 6.03 Å². The molecule has 1 aliphatic rings. The number of pyridine rings is 1. The van der Waals surface area contributed by atoms with Gasteiger partial charge in [0.1, 0.15) is 11.2 Å². The molecule has 0 bridgehead atoms. The van der Waals surface area contributed by atoms with E-state index in [4.69, 9.17) is 0 Å². The van der Waals surface area contributed by atoms with E-state index in [-0.39, 0.29) is 11.6 Å². The summed E-state index contributed by atoms with van der Waals surface area (Å²) >= 11 is 1.40. The monoisotopic (exact) mass is 396 g/mol. The van der Waals surface area contributed by atoms with Crippen LogP contribution in [-0.2, 0) is 0 Å². The number of rotatable bonds is 4. The smallest absolute Gasteiger partial charge is 0.321 e. The molecule has 4 rings (SSSR count). The van der Waals surface area contributed by atoms with Crippen LogP contribution in [0.1, 0.15) is 12.8 Å². The summed E-state index contributed by atoms with van der Waals surface area (Å²) in [5.74, 6) is 0.430. The normalized spacial score (nSPS) is 13.7. The first kappa shape index (κ1) is 18.3. The van der Waals surface area contributed by atoms with Crippen molar-refractivity contribution in [2.45, 2.75) is 18.0 Å². The lowest BCUT2D eigenvalue weighted by Gasteiger charge is -2.17. The van der Waals surface area contributed by atoms with Crippen molar-refractivity contribution in [3.63, 3.8) is 0 Å². The summed E-state index contributed by atoms with van der Waals surface area (Å²) in [6, 6.07) is 8.99. The number of thioether (sulfide) groups is 1. The number of fused-ring (bicyclic) bond motifs is 1. The molecular weight excluding hydrogens is 376 g/mol. The quantitative estimate of drug-likeness (QED) is 0.461. The highest BCUT2D eigenvalue weighted by Gasteiger charge is 2.18. The number of H-pyrrole nitrogens is 1.